The van der Waals surface area contributed by atoms with Crippen LogP contribution in [0.1, 0.15) is 37.4 Å². The Kier molecular flexibility index (Phi) is 5.32. The maximum absolute atomic E-state index is 11.0. The minimum atomic E-state index is -0.859. The van der Waals surface area contributed by atoms with Crippen LogP contribution < -0.4 is 11.1 Å². The average Bonchev–Trinajstić information content (AvgIpc) is 2.43. The van der Waals surface area contributed by atoms with Crippen molar-refractivity contribution in [3.8, 4) is 0 Å². The summed E-state index contributed by atoms with van der Waals surface area (Å²) >= 11 is 0. The molecule has 0 radical (unpaired) electrons. The third-order valence-corrected chi connectivity index (χ3v) is 2.97. The molecule has 2 atom stereocenters. The first-order valence-corrected chi connectivity index (χ1v) is 6.06. The van der Waals surface area contributed by atoms with Gasteiger partial charge in [-0.2, -0.15) is 0 Å². The van der Waals surface area contributed by atoms with Gasteiger partial charge in [-0.15, -0.1) is 0 Å². The van der Waals surface area contributed by atoms with Crippen LogP contribution in [0.25, 0.3) is 0 Å². The first-order valence-electron chi connectivity index (χ1n) is 6.06. The predicted octanol–water partition coefficient (Wildman–Crippen LogP) is 1.29. The number of nitrogens with zero attached hydrogens (tertiary/aromatic N) is 1. The van der Waals surface area contributed by atoms with E-state index in [-0.39, 0.29) is 11.9 Å². The molecule has 104 valence electrons. The molecule has 6 heteroatoms. The van der Waals surface area contributed by atoms with Crippen LogP contribution in [-0.4, -0.2) is 28.2 Å². The van der Waals surface area contributed by atoms with Crippen LogP contribution in [0.3, 0.4) is 0 Å². The molecule has 0 aliphatic carbocycles. The second kappa shape index (κ2) is 6.75. The van der Waals surface area contributed by atoms with Gasteiger partial charge >= 0.3 is 5.97 Å². The van der Waals surface area contributed by atoms with Gasteiger partial charge in [0.05, 0.1) is 0 Å². The Morgan fingerprint density at radius 3 is 2.42 bits per heavy atom. The smallest absolute Gasteiger partial charge is 0.320 e. The van der Waals surface area contributed by atoms with Crippen molar-refractivity contribution < 1.29 is 15.1 Å². The Hall–Kier alpha value is -2.08. The highest BCUT2D eigenvalue weighted by molar-refractivity contribution is 5.96. The summed E-state index contributed by atoms with van der Waals surface area (Å²) in [5.74, 6) is -0.813. The zero-order valence-electron chi connectivity index (χ0n) is 11.0. The molecule has 6 nitrogen and oxygen atoms in total. The molecule has 5 N–H and O–H groups in total. The third kappa shape index (κ3) is 3.96. The SMILES string of the molecule is CC[C@H](N[C@H](C)c1ccc(/C(N)=N\O)cc1)C(=O)O. The van der Waals surface area contributed by atoms with Crippen molar-refractivity contribution in [1.29, 1.82) is 0 Å². The van der Waals surface area contributed by atoms with Crippen LogP contribution in [0.4, 0.5) is 0 Å². The standard InChI is InChI=1S/C13H19N3O3/c1-3-11(13(17)18)15-8(2)9-4-6-10(7-5-9)12(14)16-19/h4-8,11,15,19H,3H2,1-2H3,(H2,14,16)(H,17,18)/t8-,11+/m1/s1. The molecule has 0 heterocycles. The first kappa shape index (κ1) is 15.0. The quantitative estimate of drug-likeness (QED) is 0.268. The van der Waals surface area contributed by atoms with E-state index in [1.54, 1.807) is 12.1 Å². The van der Waals surface area contributed by atoms with E-state index in [0.717, 1.165) is 5.56 Å². The Labute approximate surface area is 111 Å². The highest BCUT2D eigenvalue weighted by Crippen LogP contribution is 2.14. The van der Waals surface area contributed by atoms with Gasteiger partial charge in [0, 0.05) is 11.6 Å². The number of carboxylic acids is 1. The lowest BCUT2D eigenvalue weighted by Crippen LogP contribution is -2.37. The van der Waals surface area contributed by atoms with Crippen LogP contribution in [0, 0.1) is 0 Å². The summed E-state index contributed by atoms with van der Waals surface area (Å²) in [6.45, 7) is 3.71. The summed E-state index contributed by atoms with van der Waals surface area (Å²) in [5, 5.41) is 23.5. The van der Waals surface area contributed by atoms with E-state index in [1.807, 2.05) is 26.0 Å². The number of benzene rings is 1. The summed E-state index contributed by atoms with van der Waals surface area (Å²) in [6.07, 6.45) is 0.516. The number of nitrogens with one attached hydrogen (secondary N) is 1. The van der Waals surface area contributed by atoms with E-state index in [1.165, 1.54) is 0 Å². The van der Waals surface area contributed by atoms with Crippen LogP contribution >= 0.6 is 0 Å². The van der Waals surface area contributed by atoms with Crippen molar-refractivity contribution in [2.45, 2.75) is 32.4 Å². The second-order valence-electron chi connectivity index (χ2n) is 4.29. The first-order chi connectivity index (χ1) is 8.99. The number of nitrogens with two attached hydrogens (primary N) is 1. The molecule has 0 saturated carbocycles. The molecule has 0 aromatic heterocycles. The molecule has 0 aliphatic rings. The molecule has 1 aromatic carbocycles. The van der Waals surface area contributed by atoms with Crippen molar-refractivity contribution in [2.75, 3.05) is 0 Å². The number of carbonyl (C=O) groups is 1. The molecule has 0 aliphatic heterocycles. The topological polar surface area (TPSA) is 108 Å². The second-order valence-corrected chi connectivity index (χ2v) is 4.29. The van der Waals surface area contributed by atoms with Crippen molar-refractivity contribution >= 4 is 11.8 Å². The van der Waals surface area contributed by atoms with E-state index in [2.05, 4.69) is 10.5 Å². The number of carboxylic acid groups (broad SMARTS) is 1. The van der Waals surface area contributed by atoms with Crippen LogP contribution in [0.2, 0.25) is 0 Å². The van der Waals surface area contributed by atoms with E-state index in [0.29, 0.717) is 12.0 Å². The summed E-state index contributed by atoms with van der Waals surface area (Å²) < 4.78 is 0. The van der Waals surface area contributed by atoms with Gasteiger partial charge < -0.3 is 16.0 Å². The van der Waals surface area contributed by atoms with E-state index in [4.69, 9.17) is 16.0 Å². The molecule has 19 heavy (non-hydrogen) atoms. The van der Waals surface area contributed by atoms with Crippen molar-refractivity contribution in [3.05, 3.63) is 35.4 Å². The molecule has 0 unspecified atom stereocenters. The number of rotatable bonds is 6. The molecular weight excluding hydrogens is 246 g/mol. The summed E-state index contributed by atoms with van der Waals surface area (Å²) in [5.41, 5.74) is 7.02. The van der Waals surface area contributed by atoms with Gasteiger partial charge in [0.2, 0.25) is 0 Å². The van der Waals surface area contributed by atoms with Crippen molar-refractivity contribution in [1.82, 2.24) is 5.32 Å². The van der Waals surface area contributed by atoms with Gasteiger partial charge in [-0.1, -0.05) is 36.3 Å². The Bertz CT molecular complexity index is 457. The summed E-state index contributed by atoms with van der Waals surface area (Å²) in [4.78, 5) is 11.0. The van der Waals surface area contributed by atoms with Gasteiger partial charge in [0.1, 0.15) is 6.04 Å². The maximum Gasteiger partial charge on any atom is 0.320 e. The summed E-state index contributed by atoms with van der Waals surface area (Å²) in [6, 6.07) is 6.43. The number of hydrogen-bond donors (Lipinski definition) is 4. The van der Waals surface area contributed by atoms with E-state index in [9.17, 15) is 4.79 Å². The highest BCUT2D eigenvalue weighted by atomic mass is 16.4. The normalized spacial score (nSPS) is 14.9. The Morgan fingerprint density at radius 2 is 2.00 bits per heavy atom. The monoisotopic (exact) mass is 265 g/mol. The van der Waals surface area contributed by atoms with Gasteiger partial charge in [-0.25, -0.2) is 0 Å². The number of aliphatic carboxylic acids is 1. The predicted molar refractivity (Wildman–Crippen MR) is 72.2 cm³/mol. The van der Waals surface area contributed by atoms with Crippen LogP contribution in [0.15, 0.2) is 29.4 Å². The largest absolute Gasteiger partial charge is 0.480 e. The van der Waals surface area contributed by atoms with Gasteiger partial charge in [-0.3, -0.25) is 10.1 Å². The highest BCUT2D eigenvalue weighted by Gasteiger charge is 2.17. The molecule has 0 fully saturated rings. The third-order valence-electron chi connectivity index (χ3n) is 2.97. The van der Waals surface area contributed by atoms with E-state index >= 15 is 0 Å². The maximum atomic E-state index is 11.0. The lowest BCUT2D eigenvalue weighted by Gasteiger charge is -2.19. The molecular formula is C13H19N3O3. The lowest BCUT2D eigenvalue weighted by molar-refractivity contribution is -0.139. The molecule has 1 rings (SSSR count). The average molecular weight is 265 g/mol. The fraction of sp³-hybridized carbons (Fsp3) is 0.385. The Morgan fingerprint density at radius 1 is 1.42 bits per heavy atom. The van der Waals surface area contributed by atoms with Crippen LogP contribution in [-0.2, 0) is 4.79 Å². The minimum absolute atomic E-state index is 0.0455. The van der Waals surface area contributed by atoms with Gasteiger partial charge in [-0.05, 0) is 18.9 Å². The number of oxime groups is 1. The summed E-state index contributed by atoms with van der Waals surface area (Å²) in [7, 11) is 0. The fourth-order valence-corrected chi connectivity index (χ4v) is 1.76. The van der Waals surface area contributed by atoms with Crippen LogP contribution in [0.5, 0.6) is 0 Å². The molecule has 0 saturated heterocycles. The minimum Gasteiger partial charge on any atom is -0.480 e. The zero-order valence-corrected chi connectivity index (χ0v) is 11.0. The molecule has 0 amide bonds. The molecule has 1 aromatic rings. The van der Waals surface area contributed by atoms with Crippen molar-refractivity contribution in [3.63, 3.8) is 0 Å². The van der Waals surface area contributed by atoms with E-state index < -0.39 is 12.0 Å². The Balaban J connectivity index is 2.78. The van der Waals surface area contributed by atoms with Gasteiger partial charge in [0.15, 0.2) is 5.84 Å². The molecule has 0 spiro atoms. The molecule has 0 bridgehead atoms. The number of hydrogen-bond acceptors (Lipinski definition) is 4. The van der Waals surface area contributed by atoms with Gasteiger partial charge in [0.25, 0.3) is 0 Å². The van der Waals surface area contributed by atoms with Crippen molar-refractivity contribution in [2.24, 2.45) is 10.9 Å². The number of amidine groups is 1. The fourth-order valence-electron chi connectivity index (χ4n) is 1.76. The zero-order chi connectivity index (χ0) is 14.4. The lowest BCUT2D eigenvalue weighted by atomic mass is 10.0.